The lowest BCUT2D eigenvalue weighted by molar-refractivity contribution is -0.119. The van der Waals surface area contributed by atoms with Gasteiger partial charge in [0.2, 0.25) is 5.91 Å². The van der Waals surface area contributed by atoms with Crippen LogP contribution in [0.1, 0.15) is 26.5 Å². The molecule has 2 rings (SSSR count). The summed E-state index contributed by atoms with van der Waals surface area (Å²) in [5.74, 6) is -0.177. The van der Waals surface area contributed by atoms with Gasteiger partial charge in [-0.3, -0.25) is 4.79 Å². The number of hydrogen-bond donors (Lipinski definition) is 3. The predicted octanol–water partition coefficient (Wildman–Crippen LogP) is 3.51. The van der Waals surface area contributed by atoms with Gasteiger partial charge in [0, 0.05) is 16.8 Å². The fraction of sp³-hybridized carbons (Fsp3) is 0.375. The molecule has 0 spiro atoms. The maximum absolute atomic E-state index is 12.1. The molecular weight excluding hydrogens is 296 g/mol. The summed E-state index contributed by atoms with van der Waals surface area (Å²) >= 11 is 1.56. The number of amides is 1. The van der Waals surface area contributed by atoms with Gasteiger partial charge in [-0.05, 0) is 36.6 Å². The van der Waals surface area contributed by atoms with E-state index in [4.69, 9.17) is 5.73 Å². The standard InChI is InChI=1S/C16H22N4OS/c1-10-9-22-15(18-10)20-12-7-5-11(6-8-12)19-14(21)13(17)16(2,3)4/h5-9,13H,17H2,1-4H3,(H,18,20)(H,19,21)/t13-/m1/s1. The quantitative estimate of drug-likeness (QED) is 0.806. The number of nitrogens with zero attached hydrogens (tertiary/aromatic N) is 1. The van der Waals surface area contributed by atoms with Gasteiger partial charge in [0.25, 0.3) is 0 Å². The van der Waals surface area contributed by atoms with Crippen LogP contribution in [0.3, 0.4) is 0 Å². The zero-order chi connectivity index (χ0) is 16.3. The summed E-state index contributed by atoms with van der Waals surface area (Å²) in [6.07, 6.45) is 0. The number of benzene rings is 1. The number of anilines is 3. The zero-order valence-corrected chi connectivity index (χ0v) is 14.1. The van der Waals surface area contributed by atoms with Gasteiger partial charge in [0.15, 0.2) is 5.13 Å². The minimum absolute atomic E-state index is 0.177. The highest BCUT2D eigenvalue weighted by Crippen LogP contribution is 2.23. The molecule has 1 amide bonds. The summed E-state index contributed by atoms with van der Waals surface area (Å²) in [4.78, 5) is 16.4. The molecule has 0 aliphatic heterocycles. The molecule has 118 valence electrons. The van der Waals surface area contributed by atoms with Gasteiger partial charge in [-0.1, -0.05) is 20.8 Å². The van der Waals surface area contributed by atoms with Crippen LogP contribution in [0.2, 0.25) is 0 Å². The topological polar surface area (TPSA) is 80.0 Å². The van der Waals surface area contributed by atoms with Crippen LogP contribution in [0.15, 0.2) is 29.6 Å². The molecule has 0 aliphatic rings. The van der Waals surface area contributed by atoms with Crippen molar-refractivity contribution in [1.82, 2.24) is 4.98 Å². The van der Waals surface area contributed by atoms with E-state index in [1.165, 1.54) is 0 Å². The van der Waals surface area contributed by atoms with E-state index >= 15 is 0 Å². The van der Waals surface area contributed by atoms with Crippen molar-refractivity contribution in [2.24, 2.45) is 11.1 Å². The Morgan fingerprint density at radius 1 is 1.23 bits per heavy atom. The van der Waals surface area contributed by atoms with Crippen LogP contribution in [0.5, 0.6) is 0 Å². The summed E-state index contributed by atoms with van der Waals surface area (Å²) in [6, 6.07) is 6.93. The van der Waals surface area contributed by atoms with Gasteiger partial charge in [-0.15, -0.1) is 11.3 Å². The van der Waals surface area contributed by atoms with E-state index < -0.39 is 6.04 Å². The minimum atomic E-state index is -0.552. The van der Waals surface area contributed by atoms with Crippen molar-refractivity contribution in [2.45, 2.75) is 33.7 Å². The second-order valence-electron chi connectivity index (χ2n) is 6.33. The van der Waals surface area contributed by atoms with Gasteiger partial charge >= 0.3 is 0 Å². The van der Waals surface area contributed by atoms with Crippen molar-refractivity contribution in [2.75, 3.05) is 10.6 Å². The molecule has 0 unspecified atom stereocenters. The summed E-state index contributed by atoms with van der Waals surface area (Å²) in [6.45, 7) is 7.79. The van der Waals surface area contributed by atoms with E-state index in [9.17, 15) is 4.79 Å². The zero-order valence-electron chi connectivity index (χ0n) is 13.3. The average Bonchev–Trinajstić information content (AvgIpc) is 2.84. The first kappa shape index (κ1) is 16.5. The van der Waals surface area contributed by atoms with E-state index in [-0.39, 0.29) is 11.3 Å². The fourth-order valence-corrected chi connectivity index (χ4v) is 2.49. The molecule has 1 heterocycles. The number of aryl methyl sites for hydroxylation is 1. The van der Waals surface area contributed by atoms with Gasteiger partial charge in [-0.2, -0.15) is 0 Å². The predicted molar refractivity (Wildman–Crippen MR) is 92.6 cm³/mol. The van der Waals surface area contributed by atoms with Crippen molar-refractivity contribution in [3.05, 3.63) is 35.3 Å². The highest BCUT2D eigenvalue weighted by molar-refractivity contribution is 7.13. The molecule has 6 heteroatoms. The van der Waals surface area contributed by atoms with Gasteiger partial charge < -0.3 is 16.4 Å². The molecule has 22 heavy (non-hydrogen) atoms. The van der Waals surface area contributed by atoms with Crippen molar-refractivity contribution < 1.29 is 4.79 Å². The van der Waals surface area contributed by atoms with Crippen molar-refractivity contribution in [3.63, 3.8) is 0 Å². The Kier molecular flexibility index (Phi) is 4.83. The summed E-state index contributed by atoms with van der Waals surface area (Å²) in [5.41, 5.74) is 8.32. The molecule has 1 aromatic heterocycles. The van der Waals surface area contributed by atoms with Crippen molar-refractivity contribution in [3.8, 4) is 0 Å². The molecular formula is C16H22N4OS. The Balaban J connectivity index is 1.98. The minimum Gasteiger partial charge on any atom is -0.332 e. The molecule has 0 radical (unpaired) electrons. The Morgan fingerprint density at radius 2 is 1.82 bits per heavy atom. The smallest absolute Gasteiger partial charge is 0.241 e. The first-order valence-electron chi connectivity index (χ1n) is 7.11. The van der Waals surface area contributed by atoms with Crippen LogP contribution < -0.4 is 16.4 Å². The molecule has 1 aromatic carbocycles. The molecule has 0 saturated heterocycles. The highest BCUT2D eigenvalue weighted by atomic mass is 32.1. The largest absolute Gasteiger partial charge is 0.332 e. The van der Waals surface area contributed by atoms with Gasteiger partial charge in [-0.25, -0.2) is 4.98 Å². The lowest BCUT2D eigenvalue weighted by atomic mass is 9.87. The van der Waals surface area contributed by atoms with E-state index in [1.54, 1.807) is 11.3 Å². The Bertz CT molecular complexity index is 643. The van der Waals surface area contributed by atoms with E-state index in [0.29, 0.717) is 0 Å². The maximum atomic E-state index is 12.1. The number of aromatic nitrogens is 1. The van der Waals surface area contributed by atoms with Crippen molar-refractivity contribution in [1.29, 1.82) is 0 Å². The van der Waals surface area contributed by atoms with Gasteiger partial charge in [0.1, 0.15) is 0 Å². The molecule has 0 saturated carbocycles. The third-order valence-electron chi connectivity index (χ3n) is 3.24. The van der Waals surface area contributed by atoms with Crippen LogP contribution >= 0.6 is 11.3 Å². The summed E-state index contributed by atoms with van der Waals surface area (Å²) in [5, 5.41) is 8.90. The van der Waals surface area contributed by atoms with E-state index in [2.05, 4.69) is 15.6 Å². The second-order valence-corrected chi connectivity index (χ2v) is 7.19. The van der Waals surface area contributed by atoms with Crippen LogP contribution in [0.4, 0.5) is 16.5 Å². The van der Waals surface area contributed by atoms with Crippen LogP contribution in [0.25, 0.3) is 0 Å². The lowest BCUT2D eigenvalue weighted by Crippen LogP contribution is -2.45. The number of hydrogen-bond acceptors (Lipinski definition) is 5. The number of carbonyl (C=O) groups is 1. The van der Waals surface area contributed by atoms with Crippen LogP contribution in [0, 0.1) is 12.3 Å². The van der Waals surface area contributed by atoms with Gasteiger partial charge in [0.05, 0.1) is 11.7 Å². The first-order chi connectivity index (χ1) is 10.3. The van der Waals surface area contributed by atoms with E-state index in [1.807, 2.05) is 57.3 Å². The maximum Gasteiger partial charge on any atom is 0.241 e. The first-order valence-corrected chi connectivity index (χ1v) is 7.99. The molecule has 0 bridgehead atoms. The molecule has 1 atom stereocenters. The van der Waals surface area contributed by atoms with Crippen LogP contribution in [-0.4, -0.2) is 16.9 Å². The molecule has 0 aliphatic carbocycles. The summed E-state index contributed by atoms with van der Waals surface area (Å²) < 4.78 is 0. The number of carbonyl (C=O) groups excluding carboxylic acids is 1. The number of nitrogens with one attached hydrogen (secondary N) is 2. The second kappa shape index (κ2) is 6.46. The molecule has 0 fully saturated rings. The van der Waals surface area contributed by atoms with Crippen molar-refractivity contribution >= 4 is 33.8 Å². The Labute approximate surface area is 135 Å². The van der Waals surface area contributed by atoms with E-state index in [0.717, 1.165) is 22.2 Å². The third kappa shape index (κ3) is 4.29. The Hall–Kier alpha value is -1.92. The molecule has 4 N–H and O–H groups in total. The highest BCUT2D eigenvalue weighted by Gasteiger charge is 2.27. The lowest BCUT2D eigenvalue weighted by Gasteiger charge is -2.25. The molecule has 2 aromatic rings. The average molecular weight is 318 g/mol. The van der Waals surface area contributed by atoms with Crippen LogP contribution in [-0.2, 0) is 4.79 Å². The summed E-state index contributed by atoms with van der Waals surface area (Å²) in [7, 11) is 0. The SMILES string of the molecule is Cc1csc(Nc2ccc(NC(=O)[C@@H](N)C(C)(C)C)cc2)n1. The number of thiazole rings is 1. The normalized spacial score (nSPS) is 12.8. The third-order valence-corrected chi connectivity index (χ3v) is 4.11. The number of rotatable bonds is 4. The Morgan fingerprint density at radius 3 is 2.32 bits per heavy atom. The fourth-order valence-electron chi connectivity index (χ4n) is 1.79. The molecule has 5 nitrogen and oxygen atoms in total. The number of nitrogens with two attached hydrogens (primary N) is 1. The monoisotopic (exact) mass is 318 g/mol.